The molecule has 0 aromatic heterocycles. The van der Waals surface area contributed by atoms with Crippen molar-refractivity contribution in [3.63, 3.8) is 0 Å². The van der Waals surface area contributed by atoms with Gasteiger partial charge in [0.25, 0.3) is 0 Å². The van der Waals surface area contributed by atoms with E-state index in [1.165, 1.54) is 18.4 Å². The van der Waals surface area contributed by atoms with Crippen LogP contribution < -0.4 is 10.6 Å². The minimum atomic E-state index is 0.0997. The van der Waals surface area contributed by atoms with E-state index in [2.05, 4.69) is 10.6 Å². The van der Waals surface area contributed by atoms with E-state index in [0.29, 0.717) is 5.92 Å². The minimum absolute atomic E-state index is 0.0997. The average Bonchev–Trinajstić information content (AvgIpc) is 2.97. The van der Waals surface area contributed by atoms with E-state index in [1.54, 1.807) is 0 Å². The van der Waals surface area contributed by atoms with Gasteiger partial charge >= 0.3 is 0 Å². The first-order valence-electron chi connectivity index (χ1n) is 6.57. The predicted octanol–water partition coefficient (Wildman–Crippen LogP) is 0.590. The second-order valence-electron chi connectivity index (χ2n) is 5.37. The second kappa shape index (κ2) is 4.42. The molecule has 2 saturated heterocycles. The third-order valence-corrected chi connectivity index (χ3v) is 4.09. The molecule has 94 valence electrons. The van der Waals surface area contributed by atoms with Crippen molar-refractivity contribution in [2.75, 3.05) is 19.7 Å². The molecule has 4 heteroatoms. The van der Waals surface area contributed by atoms with Crippen LogP contribution in [0.2, 0.25) is 0 Å². The highest BCUT2D eigenvalue weighted by atomic mass is 16.5. The van der Waals surface area contributed by atoms with Gasteiger partial charge in [0.1, 0.15) is 0 Å². The van der Waals surface area contributed by atoms with E-state index in [0.717, 1.165) is 31.7 Å². The quantitative estimate of drug-likeness (QED) is 0.705. The van der Waals surface area contributed by atoms with E-state index in [4.69, 9.17) is 4.74 Å². The molecule has 0 radical (unpaired) electrons. The maximum Gasteiger partial charge on any atom is 0.247 e. The minimum Gasteiger partial charge on any atom is -0.376 e. The largest absolute Gasteiger partial charge is 0.376 e. The molecule has 0 spiro atoms. The van der Waals surface area contributed by atoms with Crippen LogP contribution in [0.15, 0.2) is 11.1 Å². The summed E-state index contributed by atoms with van der Waals surface area (Å²) in [5.74, 6) is 0.795. The summed E-state index contributed by atoms with van der Waals surface area (Å²) in [4.78, 5) is 12.1. The van der Waals surface area contributed by atoms with Crippen LogP contribution in [0.25, 0.3) is 0 Å². The van der Waals surface area contributed by atoms with E-state index in [1.807, 2.05) is 6.92 Å². The molecule has 2 unspecified atom stereocenters. The highest BCUT2D eigenvalue weighted by molar-refractivity contribution is 5.94. The summed E-state index contributed by atoms with van der Waals surface area (Å²) in [6, 6.07) is 0.235. The van der Waals surface area contributed by atoms with Crippen LogP contribution in [0, 0.1) is 5.92 Å². The molecular weight excluding hydrogens is 216 g/mol. The first kappa shape index (κ1) is 11.2. The smallest absolute Gasteiger partial charge is 0.247 e. The number of rotatable bonds is 3. The molecule has 2 heterocycles. The highest BCUT2D eigenvalue weighted by Crippen LogP contribution is 2.38. The Morgan fingerprint density at radius 3 is 2.71 bits per heavy atom. The van der Waals surface area contributed by atoms with E-state index in [-0.39, 0.29) is 18.1 Å². The predicted molar refractivity (Wildman–Crippen MR) is 64.6 cm³/mol. The fourth-order valence-corrected chi connectivity index (χ4v) is 2.61. The van der Waals surface area contributed by atoms with Crippen LogP contribution in [0.5, 0.6) is 0 Å². The normalized spacial score (nSPS) is 32.2. The van der Waals surface area contributed by atoms with Gasteiger partial charge in [0.2, 0.25) is 5.91 Å². The number of amides is 1. The molecule has 2 N–H and O–H groups in total. The average molecular weight is 236 g/mol. The standard InChI is InChI=1S/C13H20N2O2/c1-8(10-6-14-7-10)13(16)15-11-4-5-17-12(11)9-2-3-9/h9,11-12,14H,2-7H2,1H3,(H,15,16). The molecule has 0 aromatic carbocycles. The zero-order valence-corrected chi connectivity index (χ0v) is 10.3. The first-order valence-corrected chi connectivity index (χ1v) is 6.57. The van der Waals surface area contributed by atoms with Crippen molar-refractivity contribution in [3.05, 3.63) is 11.1 Å². The molecule has 3 fully saturated rings. The maximum atomic E-state index is 12.1. The van der Waals surface area contributed by atoms with Crippen molar-refractivity contribution in [1.82, 2.24) is 10.6 Å². The third kappa shape index (κ3) is 2.24. The van der Waals surface area contributed by atoms with Crippen molar-refractivity contribution in [2.24, 2.45) is 5.92 Å². The lowest BCUT2D eigenvalue weighted by Gasteiger charge is -2.24. The van der Waals surface area contributed by atoms with E-state index < -0.39 is 0 Å². The van der Waals surface area contributed by atoms with Crippen molar-refractivity contribution >= 4 is 5.91 Å². The van der Waals surface area contributed by atoms with Gasteiger partial charge in [0.15, 0.2) is 0 Å². The fourth-order valence-electron chi connectivity index (χ4n) is 2.61. The number of carbonyl (C=O) groups is 1. The van der Waals surface area contributed by atoms with Gasteiger partial charge in [0, 0.05) is 25.3 Å². The Labute approximate surface area is 102 Å². The molecule has 0 bridgehead atoms. The summed E-state index contributed by atoms with van der Waals surface area (Å²) in [7, 11) is 0. The van der Waals surface area contributed by atoms with E-state index in [9.17, 15) is 4.79 Å². The molecule has 4 nitrogen and oxygen atoms in total. The summed E-state index contributed by atoms with van der Waals surface area (Å²) in [5.41, 5.74) is 2.13. The lowest BCUT2D eigenvalue weighted by Crippen LogP contribution is -2.43. The van der Waals surface area contributed by atoms with Gasteiger partial charge in [0.05, 0.1) is 12.1 Å². The molecule has 1 amide bonds. The molecule has 0 aromatic rings. The molecule has 17 heavy (non-hydrogen) atoms. The van der Waals surface area contributed by atoms with Gasteiger partial charge in [-0.3, -0.25) is 4.79 Å². The van der Waals surface area contributed by atoms with Gasteiger partial charge < -0.3 is 15.4 Å². The van der Waals surface area contributed by atoms with Gasteiger partial charge in [-0.15, -0.1) is 0 Å². The first-order chi connectivity index (χ1) is 8.25. The number of carbonyl (C=O) groups excluding carboxylic acids is 1. The van der Waals surface area contributed by atoms with Crippen LogP contribution in [-0.4, -0.2) is 37.7 Å². The van der Waals surface area contributed by atoms with Gasteiger partial charge in [-0.25, -0.2) is 0 Å². The van der Waals surface area contributed by atoms with Crippen LogP contribution in [0.3, 0.4) is 0 Å². The Morgan fingerprint density at radius 2 is 2.12 bits per heavy atom. The SMILES string of the molecule is CC(C(=O)NC1CCOC1C1CC1)=C1CNC1. The van der Waals surface area contributed by atoms with Crippen molar-refractivity contribution in [3.8, 4) is 0 Å². The Kier molecular flexibility index (Phi) is 2.92. The summed E-state index contributed by atoms with van der Waals surface area (Å²) < 4.78 is 5.73. The summed E-state index contributed by atoms with van der Waals surface area (Å²) in [6.07, 6.45) is 3.77. The summed E-state index contributed by atoms with van der Waals surface area (Å²) in [5, 5.41) is 6.31. The van der Waals surface area contributed by atoms with Crippen LogP contribution in [0.4, 0.5) is 0 Å². The highest BCUT2D eigenvalue weighted by Gasteiger charge is 2.41. The topological polar surface area (TPSA) is 50.4 Å². The molecule has 3 rings (SSSR count). The Bertz CT molecular complexity index is 354. The molecule has 1 saturated carbocycles. The zero-order chi connectivity index (χ0) is 11.8. The fraction of sp³-hybridized carbons (Fsp3) is 0.769. The monoisotopic (exact) mass is 236 g/mol. The van der Waals surface area contributed by atoms with Gasteiger partial charge in [-0.2, -0.15) is 0 Å². The van der Waals surface area contributed by atoms with Crippen LogP contribution in [0.1, 0.15) is 26.2 Å². The number of hydrogen-bond donors (Lipinski definition) is 2. The Balaban J connectivity index is 1.60. The Morgan fingerprint density at radius 1 is 1.35 bits per heavy atom. The zero-order valence-electron chi connectivity index (χ0n) is 10.3. The van der Waals surface area contributed by atoms with Crippen molar-refractivity contribution in [1.29, 1.82) is 0 Å². The lowest BCUT2D eigenvalue weighted by atomic mass is 10.0. The lowest BCUT2D eigenvalue weighted by molar-refractivity contribution is -0.118. The maximum absolute atomic E-state index is 12.1. The second-order valence-corrected chi connectivity index (χ2v) is 5.37. The summed E-state index contributed by atoms with van der Waals surface area (Å²) in [6.45, 7) is 4.45. The third-order valence-electron chi connectivity index (χ3n) is 4.09. The summed E-state index contributed by atoms with van der Waals surface area (Å²) >= 11 is 0. The molecule has 3 aliphatic rings. The molecule has 2 aliphatic heterocycles. The van der Waals surface area contributed by atoms with Gasteiger partial charge in [-0.1, -0.05) is 0 Å². The number of hydrogen-bond acceptors (Lipinski definition) is 3. The van der Waals surface area contributed by atoms with E-state index >= 15 is 0 Å². The number of nitrogens with one attached hydrogen (secondary N) is 2. The molecular formula is C13H20N2O2. The van der Waals surface area contributed by atoms with Crippen molar-refractivity contribution in [2.45, 2.75) is 38.3 Å². The van der Waals surface area contributed by atoms with Crippen LogP contribution >= 0.6 is 0 Å². The Hall–Kier alpha value is -0.870. The van der Waals surface area contributed by atoms with Crippen LogP contribution in [-0.2, 0) is 9.53 Å². The van der Waals surface area contributed by atoms with Crippen molar-refractivity contribution < 1.29 is 9.53 Å². The van der Waals surface area contributed by atoms with Gasteiger partial charge in [-0.05, 0) is 37.7 Å². The molecule has 1 aliphatic carbocycles. The number of ether oxygens (including phenoxy) is 1. The molecule has 2 atom stereocenters.